The summed E-state index contributed by atoms with van der Waals surface area (Å²) in [6.07, 6.45) is 1.09. The van der Waals surface area contributed by atoms with Gasteiger partial charge in [-0.05, 0) is 23.8 Å². The van der Waals surface area contributed by atoms with E-state index in [1.165, 1.54) is 0 Å². The summed E-state index contributed by atoms with van der Waals surface area (Å²) >= 11 is 0. The van der Waals surface area contributed by atoms with Crippen molar-refractivity contribution in [3.63, 3.8) is 0 Å². The van der Waals surface area contributed by atoms with Crippen molar-refractivity contribution in [1.82, 2.24) is 10.2 Å². The molecule has 1 rings (SSSR count). The fraction of sp³-hybridized carbons (Fsp3) is 0.556. The lowest BCUT2D eigenvalue weighted by atomic mass is 9.96. The fourth-order valence-corrected chi connectivity index (χ4v) is 2.49. The van der Waals surface area contributed by atoms with Gasteiger partial charge in [-0.2, -0.15) is 0 Å². The lowest BCUT2D eigenvalue weighted by Gasteiger charge is -2.29. The number of carbonyl (C=O) groups is 2. The topological polar surface area (TPSA) is 69.6 Å². The lowest BCUT2D eigenvalue weighted by Crippen LogP contribution is -2.46. The van der Waals surface area contributed by atoms with Gasteiger partial charge in [0.2, 0.25) is 0 Å². The smallest absolute Gasteiger partial charge is 0.317 e. The molecule has 0 aromatic heterocycles. The van der Waals surface area contributed by atoms with E-state index in [1.807, 2.05) is 30.3 Å². The second-order valence-electron chi connectivity index (χ2n) is 7.19. The van der Waals surface area contributed by atoms with Crippen molar-refractivity contribution in [2.24, 2.45) is 5.41 Å². The monoisotopic (exact) mass is 320 g/mol. The van der Waals surface area contributed by atoms with Gasteiger partial charge in [0, 0.05) is 26.1 Å². The molecule has 23 heavy (non-hydrogen) atoms. The van der Waals surface area contributed by atoms with Crippen LogP contribution >= 0.6 is 0 Å². The van der Waals surface area contributed by atoms with Gasteiger partial charge in [0.05, 0.1) is 0 Å². The molecule has 2 N–H and O–H groups in total. The first-order chi connectivity index (χ1) is 10.7. The third-order valence-corrected chi connectivity index (χ3v) is 3.42. The minimum Gasteiger partial charge on any atom is -0.481 e. The summed E-state index contributed by atoms with van der Waals surface area (Å²) in [6, 6.07) is 9.44. The predicted molar refractivity (Wildman–Crippen MR) is 91.4 cm³/mol. The third-order valence-electron chi connectivity index (χ3n) is 3.42. The molecule has 1 aromatic rings. The third kappa shape index (κ3) is 8.24. The van der Waals surface area contributed by atoms with Crippen molar-refractivity contribution >= 4 is 12.0 Å². The van der Waals surface area contributed by atoms with Crippen molar-refractivity contribution in [3.8, 4) is 0 Å². The van der Waals surface area contributed by atoms with Crippen molar-refractivity contribution in [1.29, 1.82) is 0 Å². The number of amides is 2. The Morgan fingerprint density at radius 3 is 2.35 bits per heavy atom. The highest BCUT2D eigenvalue weighted by atomic mass is 16.4. The van der Waals surface area contributed by atoms with E-state index in [4.69, 9.17) is 5.11 Å². The molecule has 0 aliphatic carbocycles. The second-order valence-corrected chi connectivity index (χ2v) is 7.19. The first-order valence-corrected chi connectivity index (χ1v) is 7.95. The highest BCUT2D eigenvalue weighted by Gasteiger charge is 2.20. The number of nitrogens with zero attached hydrogens (tertiary/aromatic N) is 1. The number of aliphatic carboxylic acids is 1. The molecule has 0 heterocycles. The molecular weight excluding hydrogens is 292 g/mol. The van der Waals surface area contributed by atoms with E-state index in [9.17, 15) is 9.59 Å². The molecule has 1 aromatic carbocycles. The van der Waals surface area contributed by atoms with Crippen LogP contribution in [0.3, 0.4) is 0 Å². The zero-order chi connectivity index (χ0) is 17.5. The van der Waals surface area contributed by atoms with Gasteiger partial charge < -0.3 is 15.3 Å². The largest absolute Gasteiger partial charge is 0.481 e. The van der Waals surface area contributed by atoms with Gasteiger partial charge in [0.15, 0.2) is 0 Å². The number of hydrogen-bond acceptors (Lipinski definition) is 2. The Labute approximate surface area is 138 Å². The molecule has 0 spiro atoms. The number of nitrogens with one attached hydrogen (secondary N) is 1. The van der Waals surface area contributed by atoms with E-state index in [2.05, 4.69) is 26.1 Å². The Balaban J connectivity index is 2.68. The highest BCUT2D eigenvalue weighted by molar-refractivity contribution is 5.74. The van der Waals surface area contributed by atoms with Gasteiger partial charge >= 0.3 is 12.0 Å². The number of carboxylic acids is 1. The molecule has 0 aliphatic rings. The van der Waals surface area contributed by atoms with Crippen LogP contribution in [0.15, 0.2) is 30.3 Å². The molecule has 0 saturated heterocycles. The van der Waals surface area contributed by atoms with Crippen molar-refractivity contribution in [3.05, 3.63) is 35.9 Å². The molecule has 0 fully saturated rings. The number of benzene rings is 1. The standard InChI is InChI=1S/C18H28N2O3/c1-18(2,3)13-20(4)17(23)19-15(10-11-16(21)22)12-14-8-6-5-7-9-14/h5-9,15H,10-13H2,1-4H3,(H,19,23)(H,21,22). The molecule has 128 valence electrons. The number of hydrogen-bond donors (Lipinski definition) is 2. The lowest BCUT2D eigenvalue weighted by molar-refractivity contribution is -0.137. The first kappa shape index (κ1) is 19.0. The van der Waals surface area contributed by atoms with Gasteiger partial charge in [-0.1, -0.05) is 51.1 Å². The van der Waals surface area contributed by atoms with Crippen LogP contribution in [0.1, 0.15) is 39.2 Å². The molecular formula is C18H28N2O3. The zero-order valence-corrected chi connectivity index (χ0v) is 14.5. The maximum atomic E-state index is 12.3. The Hall–Kier alpha value is -2.04. The quantitative estimate of drug-likeness (QED) is 0.811. The van der Waals surface area contributed by atoms with Gasteiger partial charge in [0.25, 0.3) is 0 Å². The van der Waals surface area contributed by atoms with Gasteiger partial charge in [0.1, 0.15) is 0 Å². The molecule has 1 atom stereocenters. The van der Waals surface area contributed by atoms with E-state index < -0.39 is 5.97 Å². The van der Waals surface area contributed by atoms with Gasteiger partial charge in [-0.25, -0.2) is 4.79 Å². The molecule has 5 heteroatoms. The molecule has 0 saturated carbocycles. The Morgan fingerprint density at radius 2 is 1.83 bits per heavy atom. The van der Waals surface area contributed by atoms with Crippen LogP contribution in [0, 0.1) is 5.41 Å². The molecule has 2 amide bonds. The van der Waals surface area contributed by atoms with Crippen molar-refractivity contribution < 1.29 is 14.7 Å². The highest BCUT2D eigenvalue weighted by Crippen LogP contribution is 2.15. The number of urea groups is 1. The Kier molecular flexibility index (Phi) is 7.07. The van der Waals surface area contributed by atoms with Crippen molar-refractivity contribution in [2.75, 3.05) is 13.6 Å². The number of carbonyl (C=O) groups excluding carboxylic acids is 1. The minimum atomic E-state index is -0.847. The van der Waals surface area contributed by atoms with Crippen molar-refractivity contribution in [2.45, 2.75) is 46.1 Å². The summed E-state index contributed by atoms with van der Waals surface area (Å²) in [4.78, 5) is 24.8. The average molecular weight is 320 g/mol. The van der Waals surface area contributed by atoms with E-state index in [1.54, 1.807) is 11.9 Å². The van der Waals surface area contributed by atoms with Crippen LogP contribution in [-0.2, 0) is 11.2 Å². The van der Waals surface area contributed by atoms with Gasteiger partial charge in [-0.3, -0.25) is 4.79 Å². The van der Waals surface area contributed by atoms with Gasteiger partial charge in [-0.15, -0.1) is 0 Å². The van der Waals surface area contributed by atoms with Crippen LogP contribution in [0.4, 0.5) is 4.79 Å². The number of carboxylic acid groups (broad SMARTS) is 1. The van der Waals surface area contributed by atoms with E-state index in [0.29, 0.717) is 19.4 Å². The predicted octanol–water partition coefficient (Wildman–Crippen LogP) is 3.15. The van der Waals surface area contributed by atoms with E-state index in [-0.39, 0.29) is 23.9 Å². The maximum Gasteiger partial charge on any atom is 0.317 e. The molecule has 1 unspecified atom stereocenters. The zero-order valence-electron chi connectivity index (χ0n) is 14.5. The van der Waals surface area contributed by atoms with Crippen LogP contribution in [-0.4, -0.2) is 41.6 Å². The minimum absolute atomic E-state index is 0.0160. The average Bonchev–Trinajstić information content (AvgIpc) is 2.44. The van der Waals surface area contributed by atoms with E-state index >= 15 is 0 Å². The Morgan fingerprint density at radius 1 is 1.22 bits per heavy atom. The number of rotatable bonds is 7. The van der Waals surface area contributed by atoms with Crippen LogP contribution < -0.4 is 5.32 Å². The van der Waals surface area contributed by atoms with Crippen LogP contribution in [0.25, 0.3) is 0 Å². The molecule has 0 radical (unpaired) electrons. The molecule has 0 bridgehead atoms. The normalized spacial score (nSPS) is 12.5. The summed E-state index contributed by atoms with van der Waals surface area (Å²) < 4.78 is 0. The second kappa shape index (κ2) is 8.56. The van der Waals surface area contributed by atoms with Crippen LogP contribution in [0.2, 0.25) is 0 Å². The SMILES string of the molecule is CN(CC(C)(C)C)C(=O)NC(CCC(=O)O)Cc1ccccc1. The summed E-state index contributed by atoms with van der Waals surface area (Å²) in [6.45, 7) is 6.85. The molecule has 5 nitrogen and oxygen atoms in total. The summed E-state index contributed by atoms with van der Waals surface area (Å²) in [7, 11) is 1.76. The van der Waals surface area contributed by atoms with E-state index in [0.717, 1.165) is 5.56 Å². The summed E-state index contributed by atoms with van der Waals surface area (Å²) in [5.41, 5.74) is 1.10. The first-order valence-electron chi connectivity index (χ1n) is 7.95. The van der Waals surface area contributed by atoms with Crippen LogP contribution in [0.5, 0.6) is 0 Å². The molecule has 0 aliphatic heterocycles. The summed E-state index contributed by atoms with van der Waals surface area (Å²) in [5, 5.41) is 11.9. The fourth-order valence-electron chi connectivity index (χ4n) is 2.49. The Bertz CT molecular complexity index is 509. The maximum absolute atomic E-state index is 12.3. The summed E-state index contributed by atoms with van der Waals surface area (Å²) in [5.74, 6) is -0.847.